The quantitative estimate of drug-likeness (QED) is 0.531. The maximum absolute atomic E-state index is 9.67. The topological polar surface area (TPSA) is 96.7 Å². The number of hydrogen-bond acceptors (Lipinski definition) is 6. The lowest BCUT2D eigenvalue weighted by Crippen LogP contribution is -2.20. The van der Waals surface area contributed by atoms with Crippen LogP contribution in [0, 0.1) is 11.3 Å². The summed E-state index contributed by atoms with van der Waals surface area (Å²) >= 11 is 0. The molecule has 1 N–H and O–H groups in total. The van der Waals surface area contributed by atoms with Gasteiger partial charge in [0.2, 0.25) is 5.88 Å². The number of aromatic amines is 1. The number of H-pyrrole nitrogens is 1. The summed E-state index contributed by atoms with van der Waals surface area (Å²) in [5.41, 5.74) is 3.57. The maximum Gasteiger partial charge on any atom is 0.221 e. The Labute approximate surface area is 173 Å². The predicted molar refractivity (Wildman–Crippen MR) is 113 cm³/mol. The van der Waals surface area contributed by atoms with Crippen LogP contribution in [-0.2, 0) is 0 Å². The number of methoxy groups -OCH3 is 1. The molecule has 4 aromatic heterocycles. The van der Waals surface area contributed by atoms with E-state index in [0.717, 1.165) is 58.7 Å². The molecular formula is C23H21N5O2. The van der Waals surface area contributed by atoms with Crippen molar-refractivity contribution < 1.29 is 9.47 Å². The zero-order valence-electron chi connectivity index (χ0n) is 16.7. The number of rotatable bonds is 4. The summed E-state index contributed by atoms with van der Waals surface area (Å²) in [6.45, 7) is 0. The molecule has 0 amide bonds. The molecule has 0 radical (unpaired) electrons. The van der Waals surface area contributed by atoms with Crippen LogP contribution in [0.5, 0.6) is 11.6 Å². The Balaban J connectivity index is 1.71. The van der Waals surface area contributed by atoms with E-state index < -0.39 is 0 Å². The van der Waals surface area contributed by atoms with Gasteiger partial charge in [0.1, 0.15) is 11.7 Å². The fourth-order valence-corrected chi connectivity index (χ4v) is 4.20. The van der Waals surface area contributed by atoms with Crippen molar-refractivity contribution in [2.45, 2.75) is 38.2 Å². The second-order valence-electron chi connectivity index (χ2n) is 7.52. The van der Waals surface area contributed by atoms with Crippen LogP contribution in [0.15, 0.2) is 36.8 Å². The first-order chi connectivity index (χ1) is 14.8. The summed E-state index contributed by atoms with van der Waals surface area (Å²) in [6, 6.07) is 8.05. The molecule has 4 aromatic rings. The summed E-state index contributed by atoms with van der Waals surface area (Å²) in [6.07, 6.45) is 10.8. The molecule has 0 saturated heterocycles. The van der Waals surface area contributed by atoms with Crippen molar-refractivity contribution in [1.82, 2.24) is 19.9 Å². The van der Waals surface area contributed by atoms with Gasteiger partial charge in [0.25, 0.3) is 0 Å². The second kappa shape index (κ2) is 7.64. The molecule has 7 nitrogen and oxygen atoms in total. The summed E-state index contributed by atoms with van der Waals surface area (Å²) in [5, 5.41) is 11.4. The van der Waals surface area contributed by atoms with Crippen LogP contribution < -0.4 is 9.47 Å². The van der Waals surface area contributed by atoms with Gasteiger partial charge in [-0.1, -0.05) is 6.42 Å². The minimum Gasteiger partial charge on any atom is -0.487 e. The Morgan fingerprint density at radius 2 is 2.00 bits per heavy atom. The molecule has 0 spiro atoms. The van der Waals surface area contributed by atoms with Gasteiger partial charge in [0.05, 0.1) is 30.3 Å². The van der Waals surface area contributed by atoms with Gasteiger partial charge in [-0.05, 0) is 43.9 Å². The predicted octanol–water partition coefficient (Wildman–Crippen LogP) is 4.76. The molecule has 150 valence electrons. The fraction of sp³-hybridized carbons (Fsp3) is 0.304. The summed E-state index contributed by atoms with van der Waals surface area (Å²) in [7, 11) is 1.60. The van der Waals surface area contributed by atoms with E-state index in [0.29, 0.717) is 17.3 Å². The number of nitrogens with zero attached hydrogens (tertiary/aromatic N) is 4. The van der Waals surface area contributed by atoms with Crippen molar-refractivity contribution in [3.8, 4) is 28.8 Å². The van der Waals surface area contributed by atoms with Crippen molar-refractivity contribution in [2.75, 3.05) is 7.11 Å². The van der Waals surface area contributed by atoms with Crippen molar-refractivity contribution in [1.29, 1.82) is 5.26 Å². The Hall–Kier alpha value is -3.66. The second-order valence-corrected chi connectivity index (χ2v) is 7.52. The monoisotopic (exact) mass is 399 g/mol. The zero-order valence-corrected chi connectivity index (χ0v) is 16.7. The molecule has 7 heteroatoms. The van der Waals surface area contributed by atoms with E-state index in [2.05, 4.69) is 26.0 Å². The minimum atomic E-state index is 0.109. The minimum absolute atomic E-state index is 0.109. The standard InChI is InChI=1S/C23H21N5O2/c1-29-23-16(8-5-9-25-23)14-10-17-20-19(28-22(17)27-12-14)13-26-18(11-24)21(20)30-15-6-3-2-4-7-15/h5,8-10,12-13,15H,2-4,6-7H2,1H3,(H,27,28). The molecule has 0 aliphatic heterocycles. The number of nitriles is 1. The van der Waals surface area contributed by atoms with Crippen LogP contribution in [0.1, 0.15) is 37.8 Å². The van der Waals surface area contributed by atoms with Crippen LogP contribution in [0.3, 0.4) is 0 Å². The van der Waals surface area contributed by atoms with Crippen LogP contribution in [-0.4, -0.2) is 33.1 Å². The molecule has 5 rings (SSSR count). The summed E-state index contributed by atoms with van der Waals surface area (Å²) in [4.78, 5) is 16.5. The van der Waals surface area contributed by atoms with Crippen LogP contribution >= 0.6 is 0 Å². The molecule has 0 bridgehead atoms. The maximum atomic E-state index is 9.67. The van der Waals surface area contributed by atoms with Gasteiger partial charge >= 0.3 is 0 Å². The third kappa shape index (κ3) is 3.11. The molecule has 1 aliphatic carbocycles. The fourth-order valence-electron chi connectivity index (χ4n) is 4.20. The van der Waals surface area contributed by atoms with Gasteiger partial charge in [-0.15, -0.1) is 0 Å². The van der Waals surface area contributed by atoms with Gasteiger partial charge in [0.15, 0.2) is 11.4 Å². The average Bonchev–Trinajstić information content (AvgIpc) is 3.18. The highest BCUT2D eigenvalue weighted by Gasteiger charge is 2.22. The van der Waals surface area contributed by atoms with E-state index in [1.165, 1.54) is 6.42 Å². The third-order valence-electron chi connectivity index (χ3n) is 5.66. The van der Waals surface area contributed by atoms with E-state index >= 15 is 0 Å². The molecule has 0 atom stereocenters. The first-order valence-corrected chi connectivity index (χ1v) is 10.1. The first kappa shape index (κ1) is 18.4. The molecule has 30 heavy (non-hydrogen) atoms. The summed E-state index contributed by atoms with van der Waals surface area (Å²) < 4.78 is 11.8. The van der Waals surface area contributed by atoms with Gasteiger partial charge in [0, 0.05) is 28.9 Å². The third-order valence-corrected chi connectivity index (χ3v) is 5.66. The first-order valence-electron chi connectivity index (χ1n) is 10.1. The zero-order chi connectivity index (χ0) is 20.5. The Morgan fingerprint density at radius 1 is 1.13 bits per heavy atom. The van der Waals surface area contributed by atoms with E-state index in [9.17, 15) is 5.26 Å². The lowest BCUT2D eigenvalue weighted by molar-refractivity contribution is 0.156. The highest BCUT2D eigenvalue weighted by molar-refractivity contribution is 6.10. The Morgan fingerprint density at radius 3 is 2.80 bits per heavy atom. The number of pyridine rings is 3. The lowest BCUT2D eigenvalue weighted by atomic mass is 9.97. The van der Waals surface area contributed by atoms with Crippen molar-refractivity contribution >= 4 is 21.9 Å². The van der Waals surface area contributed by atoms with Crippen molar-refractivity contribution in [3.05, 3.63) is 42.5 Å². The average molecular weight is 399 g/mol. The smallest absolute Gasteiger partial charge is 0.221 e. The van der Waals surface area contributed by atoms with Crippen LogP contribution in [0.25, 0.3) is 33.1 Å². The van der Waals surface area contributed by atoms with E-state index in [1.807, 2.05) is 18.2 Å². The molecule has 1 saturated carbocycles. The normalized spacial score (nSPS) is 14.7. The molecule has 0 unspecified atom stereocenters. The van der Waals surface area contributed by atoms with E-state index in [4.69, 9.17) is 9.47 Å². The highest BCUT2D eigenvalue weighted by Crippen LogP contribution is 2.38. The highest BCUT2D eigenvalue weighted by atomic mass is 16.5. The van der Waals surface area contributed by atoms with Gasteiger partial charge in [-0.3, -0.25) is 0 Å². The van der Waals surface area contributed by atoms with Gasteiger partial charge in [-0.25, -0.2) is 15.0 Å². The molecular weight excluding hydrogens is 378 g/mol. The van der Waals surface area contributed by atoms with Crippen molar-refractivity contribution in [3.63, 3.8) is 0 Å². The number of hydrogen-bond donors (Lipinski definition) is 1. The van der Waals surface area contributed by atoms with Crippen molar-refractivity contribution in [2.24, 2.45) is 0 Å². The number of aromatic nitrogens is 4. The SMILES string of the molecule is COc1ncccc1-c1cnc2[nH]c3cnc(C#N)c(OC4CCCCC4)c3c2c1. The van der Waals surface area contributed by atoms with Gasteiger partial charge in [-0.2, -0.15) is 5.26 Å². The Bertz CT molecular complexity index is 1270. The summed E-state index contributed by atoms with van der Waals surface area (Å²) in [5.74, 6) is 1.09. The number of ether oxygens (including phenoxy) is 2. The number of nitrogens with one attached hydrogen (secondary N) is 1. The number of fused-ring (bicyclic) bond motifs is 3. The largest absolute Gasteiger partial charge is 0.487 e. The molecule has 1 fully saturated rings. The molecule has 1 aliphatic rings. The molecule has 0 aromatic carbocycles. The lowest BCUT2D eigenvalue weighted by Gasteiger charge is -2.23. The van der Waals surface area contributed by atoms with Crippen LogP contribution in [0.2, 0.25) is 0 Å². The van der Waals surface area contributed by atoms with Crippen LogP contribution in [0.4, 0.5) is 0 Å². The van der Waals surface area contributed by atoms with E-state index in [1.54, 1.807) is 25.7 Å². The Kier molecular flexibility index (Phi) is 4.68. The van der Waals surface area contributed by atoms with Gasteiger partial charge < -0.3 is 14.5 Å². The molecule has 4 heterocycles. The van der Waals surface area contributed by atoms with E-state index in [-0.39, 0.29) is 6.10 Å².